The second-order valence-electron chi connectivity index (χ2n) is 5.04. The van der Waals surface area contributed by atoms with Gasteiger partial charge < -0.3 is 10.6 Å². The van der Waals surface area contributed by atoms with E-state index in [0.717, 1.165) is 13.0 Å². The molecule has 2 rings (SSSR count). The molecule has 1 aliphatic heterocycles. The van der Waals surface area contributed by atoms with Crippen molar-refractivity contribution >= 4 is 5.91 Å². The minimum Gasteiger partial charge on any atom is -0.352 e. The van der Waals surface area contributed by atoms with Gasteiger partial charge >= 0.3 is 0 Å². The number of carbonyl (C=O) groups is 1. The molecule has 2 N–H and O–H groups in total. The molecule has 0 aromatic rings. The fourth-order valence-corrected chi connectivity index (χ4v) is 2.72. The summed E-state index contributed by atoms with van der Waals surface area (Å²) in [6.45, 7) is 7.15. The van der Waals surface area contributed by atoms with E-state index in [2.05, 4.69) is 17.6 Å². The van der Waals surface area contributed by atoms with E-state index in [1.54, 1.807) is 0 Å². The van der Waals surface area contributed by atoms with Crippen LogP contribution in [0.1, 0.15) is 59.3 Å². The second-order valence-corrected chi connectivity index (χ2v) is 5.04. The van der Waals surface area contributed by atoms with E-state index in [0.29, 0.717) is 12.0 Å². The van der Waals surface area contributed by atoms with Gasteiger partial charge in [0.25, 0.3) is 0 Å². The van der Waals surface area contributed by atoms with E-state index in [1.165, 1.54) is 32.1 Å². The van der Waals surface area contributed by atoms with Gasteiger partial charge in [-0.15, -0.1) is 0 Å². The molecule has 2 atom stereocenters. The highest BCUT2D eigenvalue weighted by Crippen LogP contribution is 2.19. The fraction of sp³-hybridized carbons (Fsp3) is 0.929. The van der Waals surface area contributed by atoms with Crippen molar-refractivity contribution in [2.75, 3.05) is 6.54 Å². The van der Waals surface area contributed by atoms with Crippen LogP contribution in [0.25, 0.3) is 0 Å². The topological polar surface area (TPSA) is 41.1 Å². The predicted octanol–water partition coefficient (Wildman–Crippen LogP) is 2.46. The van der Waals surface area contributed by atoms with Crippen molar-refractivity contribution < 1.29 is 4.79 Å². The summed E-state index contributed by atoms with van der Waals surface area (Å²) < 4.78 is 0. The molecule has 3 heteroatoms. The van der Waals surface area contributed by atoms with Gasteiger partial charge in [-0.1, -0.05) is 40.0 Å². The first-order chi connectivity index (χ1) is 8.27. The average Bonchev–Trinajstić information content (AvgIpc) is 2.79. The van der Waals surface area contributed by atoms with E-state index in [1.807, 2.05) is 13.8 Å². The number of hydrogen-bond acceptors (Lipinski definition) is 2. The molecule has 1 heterocycles. The van der Waals surface area contributed by atoms with Crippen molar-refractivity contribution in [2.24, 2.45) is 5.92 Å². The first-order valence-corrected chi connectivity index (χ1v) is 7.31. The van der Waals surface area contributed by atoms with Crippen molar-refractivity contribution in [3.63, 3.8) is 0 Å². The molecule has 0 radical (unpaired) electrons. The second kappa shape index (κ2) is 7.70. The lowest BCUT2D eigenvalue weighted by Gasteiger charge is -2.25. The molecule has 0 aromatic heterocycles. The Morgan fingerprint density at radius 2 is 1.76 bits per heavy atom. The van der Waals surface area contributed by atoms with Crippen LogP contribution in [-0.2, 0) is 4.79 Å². The summed E-state index contributed by atoms with van der Waals surface area (Å²) in [4.78, 5) is 12.0. The third-order valence-electron chi connectivity index (χ3n) is 3.77. The molecular formula is C14H28N2O. The zero-order chi connectivity index (χ0) is 12.7. The maximum Gasteiger partial charge on any atom is 0.237 e. The maximum atomic E-state index is 12.0. The molecule has 1 aliphatic carbocycles. The summed E-state index contributed by atoms with van der Waals surface area (Å²) >= 11 is 0. The zero-order valence-corrected chi connectivity index (χ0v) is 11.6. The lowest BCUT2D eigenvalue weighted by Crippen LogP contribution is -2.47. The van der Waals surface area contributed by atoms with Gasteiger partial charge in [-0.05, 0) is 31.7 Å². The van der Waals surface area contributed by atoms with Crippen LogP contribution >= 0.6 is 0 Å². The lowest BCUT2D eigenvalue weighted by atomic mass is 9.94. The van der Waals surface area contributed by atoms with Gasteiger partial charge in [0.1, 0.15) is 0 Å². The fourth-order valence-electron chi connectivity index (χ4n) is 2.72. The minimum atomic E-state index is 0.0620. The minimum absolute atomic E-state index is 0.0620. The first-order valence-electron chi connectivity index (χ1n) is 7.31. The number of amides is 1. The third-order valence-corrected chi connectivity index (χ3v) is 3.77. The van der Waals surface area contributed by atoms with Gasteiger partial charge in [0.2, 0.25) is 5.91 Å². The summed E-state index contributed by atoms with van der Waals surface area (Å²) in [5.41, 5.74) is 0. The van der Waals surface area contributed by atoms with E-state index >= 15 is 0 Å². The molecule has 2 aliphatic rings. The van der Waals surface area contributed by atoms with Gasteiger partial charge in [-0.2, -0.15) is 0 Å². The molecule has 17 heavy (non-hydrogen) atoms. The van der Waals surface area contributed by atoms with Crippen molar-refractivity contribution in [1.82, 2.24) is 10.6 Å². The van der Waals surface area contributed by atoms with Crippen LogP contribution in [0.4, 0.5) is 0 Å². The maximum absolute atomic E-state index is 12.0. The molecule has 1 saturated carbocycles. The van der Waals surface area contributed by atoms with Gasteiger partial charge in [-0.3, -0.25) is 4.79 Å². The lowest BCUT2D eigenvalue weighted by molar-refractivity contribution is -0.124. The summed E-state index contributed by atoms with van der Waals surface area (Å²) in [6, 6.07) is 0.507. The van der Waals surface area contributed by atoms with Gasteiger partial charge in [0.15, 0.2) is 0 Å². The van der Waals surface area contributed by atoms with Gasteiger partial charge in [0.05, 0.1) is 6.04 Å². The number of hydrogen-bond donors (Lipinski definition) is 2. The Labute approximate surface area is 106 Å². The normalized spacial score (nSPS) is 29.4. The van der Waals surface area contributed by atoms with Crippen molar-refractivity contribution in [3.8, 4) is 0 Å². The van der Waals surface area contributed by atoms with Gasteiger partial charge in [-0.25, -0.2) is 0 Å². The van der Waals surface area contributed by atoms with E-state index in [9.17, 15) is 4.79 Å². The molecule has 0 bridgehead atoms. The van der Waals surface area contributed by atoms with Crippen LogP contribution in [0.15, 0.2) is 0 Å². The Kier molecular flexibility index (Phi) is 6.56. The van der Waals surface area contributed by atoms with Crippen LogP contribution in [-0.4, -0.2) is 24.5 Å². The van der Waals surface area contributed by atoms with Gasteiger partial charge in [0, 0.05) is 6.04 Å². The zero-order valence-electron chi connectivity index (χ0n) is 11.6. The van der Waals surface area contributed by atoms with E-state index < -0.39 is 0 Å². The summed E-state index contributed by atoms with van der Waals surface area (Å²) in [5.74, 6) is 0.723. The summed E-state index contributed by atoms with van der Waals surface area (Å²) in [7, 11) is 0. The molecule has 2 unspecified atom stereocenters. The van der Waals surface area contributed by atoms with E-state index in [4.69, 9.17) is 0 Å². The molecule has 1 saturated heterocycles. The van der Waals surface area contributed by atoms with Crippen LogP contribution in [0.2, 0.25) is 0 Å². The monoisotopic (exact) mass is 240 g/mol. The molecule has 2 fully saturated rings. The van der Waals surface area contributed by atoms with E-state index in [-0.39, 0.29) is 11.9 Å². The smallest absolute Gasteiger partial charge is 0.237 e. The number of carbonyl (C=O) groups excluding carboxylic acids is 1. The van der Waals surface area contributed by atoms with Crippen LogP contribution < -0.4 is 10.6 Å². The standard InChI is InChI=1S/C12H22N2O.C2H6/c1-9-7-8-13-11(9)12(15)14-10-5-3-2-4-6-10;1-2/h9-11,13H,2-8H2,1H3,(H,14,15);1-2H3. The third kappa shape index (κ3) is 4.30. The van der Waals surface area contributed by atoms with Crippen LogP contribution in [0.5, 0.6) is 0 Å². The molecule has 0 aromatic carbocycles. The highest BCUT2D eigenvalue weighted by Gasteiger charge is 2.30. The Morgan fingerprint density at radius 3 is 2.29 bits per heavy atom. The van der Waals surface area contributed by atoms with Crippen molar-refractivity contribution in [3.05, 3.63) is 0 Å². The summed E-state index contributed by atoms with van der Waals surface area (Å²) in [5, 5.41) is 6.47. The molecule has 3 nitrogen and oxygen atoms in total. The Hall–Kier alpha value is -0.570. The molecule has 100 valence electrons. The Bertz CT molecular complexity index is 224. The quantitative estimate of drug-likeness (QED) is 0.778. The SMILES string of the molecule is CC.CC1CCNC1C(=O)NC1CCCCC1. The van der Waals surface area contributed by atoms with Crippen molar-refractivity contribution in [1.29, 1.82) is 0 Å². The number of rotatable bonds is 2. The molecule has 0 spiro atoms. The highest BCUT2D eigenvalue weighted by atomic mass is 16.2. The molecule has 1 amide bonds. The molecular weight excluding hydrogens is 212 g/mol. The number of nitrogens with one attached hydrogen (secondary N) is 2. The average molecular weight is 240 g/mol. The van der Waals surface area contributed by atoms with Crippen LogP contribution in [0.3, 0.4) is 0 Å². The highest BCUT2D eigenvalue weighted by molar-refractivity contribution is 5.82. The first kappa shape index (κ1) is 14.5. The van der Waals surface area contributed by atoms with Crippen LogP contribution in [0, 0.1) is 5.92 Å². The Morgan fingerprint density at radius 1 is 1.12 bits per heavy atom. The largest absolute Gasteiger partial charge is 0.352 e. The van der Waals surface area contributed by atoms with Crippen molar-refractivity contribution in [2.45, 2.75) is 71.4 Å². The Balaban J connectivity index is 0.000000686. The predicted molar refractivity (Wildman–Crippen MR) is 71.9 cm³/mol. The summed E-state index contributed by atoms with van der Waals surface area (Å²) in [6.07, 6.45) is 7.37.